The predicted molar refractivity (Wildman–Crippen MR) is 66.7 cm³/mol. The minimum absolute atomic E-state index is 0.197. The van der Waals surface area contributed by atoms with E-state index in [1.165, 1.54) is 11.3 Å². The number of rotatable bonds is 3. The van der Waals surface area contributed by atoms with Gasteiger partial charge in [-0.3, -0.25) is 10.5 Å². The number of aryl methyl sites for hydroxylation is 1. The Morgan fingerprint density at radius 1 is 1.50 bits per heavy atom. The summed E-state index contributed by atoms with van der Waals surface area (Å²) in [5.41, 5.74) is 3.54. The number of aromatic nitrogens is 2. The lowest BCUT2D eigenvalue weighted by Crippen LogP contribution is -2.30. The van der Waals surface area contributed by atoms with E-state index in [1.807, 2.05) is 19.2 Å². The minimum Gasteiger partial charge on any atom is -0.270 e. The fraction of sp³-hybridized carbons (Fsp3) is 0.222. The molecule has 86 valence electrons. The van der Waals surface area contributed by atoms with Crippen LogP contribution in [0.25, 0.3) is 0 Å². The number of thiophene rings is 1. The number of hydrogen-bond donors (Lipinski definition) is 2. The van der Waals surface area contributed by atoms with E-state index in [1.54, 1.807) is 10.9 Å². The minimum atomic E-state index is -0.197. The molecule has 0 spiro atoms. The van der Waals surface area contributed by atoms with Gasteiger partial charge in [0.05, 0.1) is 27.3 Å². The number of hydrazine groups is 1. The van der Waals surface area contributed by atoms with E-state index in [0.29, 0.717) is 9.36 Å². The van der Waals surface area contributed by atoms with Gasteiger partial charge in [0.25, 0.3) is 0 Å². The van der Waals surface area contributed by atoms with E-state index in [2.05, 4.69) is 10.5 Å². The Morgan fingerprint density at radius 2 is 2.25 bits per heavy atom. The van der Waals surface area contributed by atoms with Crippen molar-refractivity contribution in [2.24, 2.45) is 12.9 Å². The van der Waals surface area contributed by atoms with Crippen molar-refractivity contribution in [1.82, 2.24) is 15.2 Å². The van der Waals surface area contributed by atoms with Gasteiger partial charge >= 0.3 is 0 Å². The molecule has 0 amide bonds. The average molecular weight is 277 g/mol. The van der Waals surface area contributed by atoms with Crippen LogP contribution in [0.15, 0.2) is 18.3 Å². The zero-order valence-electron chi connectivity index (χ0n) is 8.45. The summed E-state index contributed by atoms with van der Waals surface area (Å²) in [5, 5.41) is 4.66. The van der Waals surface area contributed by atoms with Crippen LogP contribution in [0.4, 0.5) is 0 Å². The van der Waals surface area contributed by atoms with E-state index in [0.717, 1.165) is 10.6 Å². The van der Waals surface area contributed by atoms with Crippen molar-refractivity contribution in [3.05, 3.63) is 38.3 Å². The highest BCUT2D eigenvalue weighted by atomic mass is 35.5. The summed E-state index contributed by atoms with van der Waals surface area (Å²) in [4.78, 5) is 0.998. The van der Waals surface area contributed by atoms with Crippen molar-refractivity contribution in [3.8, 4) is 0 Å². The summed E-state index contributed by atoms with van der Waals surface area (Å²) >= 11 is 13.4. The third kappa shape index (κ3) is 2.09. The fourth-order valence-corrected chi connectivity index (χ4v) is 2.92. The molecule has 0 saturated carbocycles. The number of halogens is 2. The van der Waals surface area contributed by atoms with Gasteiger partial charge in [-0.1, -0.05) is 23.2 Å². The average Bonchev–Trinajstić information content (AvgIpc) is 2.80. The zero-order valence-corrected chi connectivity index (χ0v) is 10.8. The van der Waals surface area contributed by atoms with Gasteiger partial charge in [-0.2, -0.15) is 5.10 Å². The molecule has 3 N–H and O–H groups in total. The topological polar surface area (TPSA) is 55.9 Å². The highest BCUT2D eigenvalue weighted by Crippen LogP contribution is 2.33. The van der Waals surface area contributed by atoms with Gasteiger partial charge in [-0.15, -0.1) is 11.3 Å². The maximum atomic E-state index is 6.07. The van der Waals surface area contributed by atoms with Crippen LogP contribution in [-0.2, 0) is 7.05 Å². The van der Waals surface area contributed by atoms with Gasteiger partial charge in [-0.25, -0.2) is 5.43 Å². The second-order valence-electron chi connectivity index (χ2n) is 3.24. The summed E-state index contributed by atoms with van der Waals surface area (Å²) in [6, 6.07) is 3.55. The molecular formula is C9H10Cl2N4S. The molecule has 0 radical (unpaired) electrons. The molecule has 0 aliphatic carbocycles. The van der Waals surface area contributed by atoms with Crippen LogP contribution in [-0.4, -0.2) is 9.78 Å². The SMILES string of the molecule is Cn1ncc(Cl)c1C(NN)c1ccc(Cl)s1. The lowest BCUT2D eigenvalue weighted by molar-refractivity contribution is 0.582. The maximum Gasteiger partial charge on any atom is 0.0985 e. The van der Waals surface area contributed by atoms with E-state index < -0.39 is 0 Å². The first-order valence-corrected chi connectivity index (χ1v) is 6.09. The van der Waals surface area contributed by atoms with Gasteiger partial charge < -0.3 is 0 Å². The van der Waals surface area contributed by atoms with Crippen molar-refractivity contribution < 1.29 is 0 Å². The number of hydrogen-bond acceptors (Lipinski definition) is 4. The second kappa shape index (κ2) is 4.73. The Kier molecular flexibility index (Phi) is 3.51. The van der Waals surface area contributed by atoms with E-state index in [9.17, 15) is 0 Å². The first-order valence-electron chi connectivity index (χ1n) is 4.52. The Bertz CT molecular complexity index is 474. The van der Waals surface area contributed by atoms with Crippen LogP contribution in [0.3, 0.4) is 0 Å². The second-order valence-corrected chi connectivity index (χ2v) is 5.40. The number of nitrogens with two attached hydrogens (primary N) is 1. The molecule has 2 aromatic rings. The molecule has 16 heavy (non-hydrogen) atoms. The summed E-state index contributed by atoms with van der Waals surface area (Å²) in [6.45, 7) is 0. The molecule has 4 nitrogen and oxygen atoms in total. The molecule has 0 saturated heterocycles. The van der Waals surface area contributed by atoms with Gasteiger partial charge in [0.15, 0.2) is 0 Å². The lowest BCUT2D eigenvalue weighted by Gasteiger charge is -2.15. The van der Waals surface area contributed by atoms with Crippen LogP contribution in [0.1, 0.15) is 16.6 Å². The van der Waals surface area contributed by atoms with Crippen LogP contribution >= 0.6 is 34.5 Å². The molecule has 0 aliphatic rings. The smallest absolute Gasteiger partial charge is 0.0985 e. The third-order valence-electron chi connectivity index (χ3n) is 2.26. The normalized spacial score (nSPS) is 13.0. The third-order valence-corrected chi connectivity index (χ3v) is 3.84. The predicted octanol–water partition coefficient (Wildman–Crippen LogP) is 2.34. The molecule has 1 atom stereocenters. The maximum absolute atomic E-state index is 6.07. The molecule has 1 unspecified atom stereocenters. The first-order chi connectivity index (χ1) is 7.63. The van der Waals surface area contributed by atoms with Gasteiger partial charge in [0, 0.05) is 11.9 Å². The van der Waals surface area contributed by atoms with Gasteiger partial charge in [0.2, 0.25) is 0 Å². The van der Waals surface area contributed by atoms with Crippen molar-refractivity contribution in [2.45, 2.75) is 6.04 Å². The zero-order chi connectivity index (χ0) is 11.7. The summed E-state index contributed by atoms with van der Waals surface area (Å²) in [5.74, 6) is 5.56. The van der Waals surface area contributed by atoms with Crippen LogP contribution in [0.5, 0.6) is 0 Å². The summed E-state index contributed by atoms with van der Waals surface area (Å²) in [6.07, 6.45) is 1.59. The molecular weight excluding hydrogens is 267 g/mol. The van der Waals surface area contributed by atoms with Gasteiger partial charge in [-0.05, 0) is 12.1 Å². The quantitative estimate of drug-likeness (QED) is 0.668. The van der Waals surface area contributed by atoms with Crippen molar-refractivity contribution in [3.63, 3.8) is 0 Å². The van der Waals surface area contributed by atoms with Crippen LogP contribution in [0.2, 0.25) is 9.36 Å². The molecule has 0 aliphatic heterocycles. The molecule has 7 heteroatoms. The highest BCUT2D eigenvalue weighted by Gasteiger charge is 2.21. The van der Waals surface area contributed by atoms with Crippen LogP contribution < -0.4 is 11.3 Å². The van der Waals surface area contributed by atoms with Crippen molar-refractivity contribution in [2.75, 3.05) is 0 Å². The van der Waals surface area contributed by atoms with Crippen molar-refractivity contribution >= 4 is 34.5 Å². The van der Waals surface area contributed by atoms with Crippen LogP contribution in [0, 0.1) is 0 Å². The largest absolute Gasteiger partial charge is 0.270 e. The van der Waals surface area contributed by atoms with Gasteiger partial charge in [0.1, 0.15) is 0 Å². The first kappa shape index (κ1) is 11.9. The molecule has 2 heterocycles. The lowest BCUT2D eigenvalue weighted by atomic mass is 10.2. The Labute approximate surface area is 107 Å². The summed E-state index contributed by atoms with van der Waals surface area (Å²) in [7, 11) is 1.82. The molecule has 2 rings (SSSR count). The molecule has 0 aromatic carbocycles. The molecule has 2 aromatic heterocycles. The Balaban J connectivity index is 2.44. The number of nitrogens with one attached hydrogen (secondary N) is 1. The Morgan fingerprint density at radius 3 is 2.69 bits per heavy atom. The summed E-state index contributed by atoms with van der Waals surface area (Å²) < 4.78 is 2.41. The van der Waals surface area contributed by atoms with E-state index in [4.69, 9.17) is 29.0 Å². The Hall–Kier alpha value is -0.590. The highest BCUT2D eigenvalue weighted by molar-refractivity contribution is 7.16. The standard InChI is InChI=1S/C9H10Cl2N4S/c1-15-9(5(10)4-13-15)8(14-12)6-2-3-7(11)16-6/h2-4,8,14H,12H2,1H3. The number of nitrogens with zero attached hydrogens (tertiary/aromatic N) is 2. The monoisotopic (exact) mass is 276 g/mol. The fourth-order valence-electron chi connectivity index (χ4n) is 1.52. The van der Waals surface area contributed by atoms with E-state index in [-0.39, 0.29) is 6.04 Å². The molecule has 0 fully saturated rings. The van der Waals surface area contributed by atoms with Crippen molar-refractivity contribution in [1.29, 1.82) is 0 Å². The van der Waals surface area contributed by atoms with E-state index >= 15 is 0 Å². The molecule has 0 bridgehead atoms.